The number of carbonyl (C=O) groups is 1. The maximum atomic E-state index is 12.9. The van der Waals surface area contributed by atoms with Crippen LogP contribution in [-0.2, 0) is 14.8 Å². The Bertz CT molecular complexity index is 1410. The number of nitrogens with one attached hydrogen (secondary N) is 1. The number of rotatable bonds is 4. The van der Waals surface area contributed by atoms with Gasteiger partial charge in [0.25, 0.3) is 10.0 Å². The molecule has 1 amide bonds. The number of anilines is 1. The molecule has 1 aliphatic heterocycles. The van der Waals surface area contributed by atoms with Crippen molar-refractivity contribution in [3.8, 4) is 0 Å². The van der Waals surface area contributed by atoms with Crippen LogP contribution in [0, 0.1) is 12.8 Å². The minimum atomic E-state index is -3.65. The lowest BCUT2D eigenvalue weighted by Crippen LogP contribution is -2.43. The molecule has 3 aromatic heterocycles. The fourth-order valence-corrected chi connectivity index (χ4v) is 8.85. The van der Waals surface area contributed by atoms with E-state index in [4.69, 9.17) is 11.6 Å². The number of benzene rings is 1. The van der Waals surface area contributed by atoms with E-state index in [1.165, 1.54) is 21.7 Å². The third kappa shape index (κ3) is 3.98. The molecule has 1 N–H and O–H groups in total. The second-order valence-electron chi connectivity index (χ2n) is 7.26. The number of thiazole rings is 2. The van der Waals surface area contributed by atoms with Gasteiger partial charge >= 0.3 is 0 Å². The highest BCUT2D eigenvalue weighted by Crippen LogP contribution is 2.36. The van der Waals surface area contributed by atoms with E-state index in [9.17, 15) is 13.2 Å². The summed E-state index contributed by atoms with van der Waals surface area (Å²) in [4.78, 5) is 22.0. The summed E-state index contributed by atoms with van der Waals surface area (Å²) in [6.07, 6.45) is 1.25. The smallest absolute Gasteiger partial charge is 0.252 e. The molecule has 162 valence electrons. The average molecular weight is 513 g/mol. The highest BCUT2D eigenvalue weighted by atomic mass is 35.5. The molecule has 0 unspecified atom stereocenters. The molecule has 0 saturated carbocycles. The van der Waals surface area contributed by atoms with Crippen LogP contribution in [0.15, 0.2) is 28.5 Å². The number of sulfonamides is 1. The van der Waals surface area contributed by atoms with E-state index < -0.39 is 15.9 Å². The van der Waals surface area contributed by atoms with Crippen LogP contribution in [0.3, 0.4) is 0 Å². The summed E-state index contributed by atoms with van der Waals surface area (Å²) < 4.78 is 29.9. The van der Waals surface area contributed by atoms with Crippen LogP contribution in [-0.4, -0.2) is 41.7 Å². The molecule has 31 heavy (non-hydrogen) atoms. The number of thiophene rings is 1. The van der Waals surface area contributed by atoms with Crippen molar-refractivity contribution in [1.29, 1.82) is 0 Å². The largest absolute Gasteiger partial charge is 0.302 e. The number of nitrogens with zero attached hydrogens (tertiary/aromatic N) is 3. The lowest BCUT2D eigenvalue weighted by atomic mass is 9.99. The zero-order valence-electron chi connectivity index (χ0n) is 16.3. The highest BCUT2D eigenvalue weighted by Gasteiger charge is 2.34. The lowest BCUT2D eigenvalue weighted by molar-refractivity contribution is -0.120. The Morgan fingerprint density at radius 2 is 1.87 bits per heavy atom. The molecule has 4 aromatic rings. The van der Waals surface area contributed by atoms with Crippen molar-refractivity contribution in [2.75, 3.05) is 18.4 Å². The van der Waals surface area contributed by atoms with E-state index in [0.717, 1.165) is 36.8 Å². The van der Waals surface area contributed by atoms with Crippen molar-refractivity contribution in [2.45, 2.75) is 24.0 Å². The van der Waals surface area contributed by atoms with E-state index in [1.807, 2.05) is 19.1 Å². The predicted molar refractivity (Wildman–Crippen MR) is 127 cm³/mol. The molecule has 12 heteroatoms. The predicted octanol–water partition coefficient (Wildman–Crippen LogP) is 4.97. The molecule has 0 bridgehead atoms. The first kappa shape index (κ1) is 21.2. The molecule has 1 saturated heterocycles. The zero-order chi connectivity index (χ0) is 21.8. The third-order valence-corrected chi connectivity index (χ3v) is 10.8. The Kier molecular flexibility index (Phi) is 5.51. The maximum absolute atomic E-state index is 12.9. The average Bonchev–Trinajstić information content (AvgIpc) is 3.45. The molecule has 0 radical (unpaired) electrons. The first-order valence-electron chi connectivity index (χ1n) is 9.54. The molecular weight excluding hydrogens is 496 g/mol. The Labute approximate surface area is 195 Å². The van der Waals surface area contributed by atoms with Gasteiger partial charge < -0.3 is 5.32 Å². The summed E-state index contributed by atoms with van der Waals surface area (Å²) >= 11 is 9.97. The molecule has 5 rings (SSSR count). The Hall–Kier alpha value is -1.63. The number of aromatic nitrogens is 2. The van der Waals surface area contributed by atoms with Crippen molar-refractivity contribution in [1.82, 2.24) is 14.3 Å². The number of halogens is 1. The monoisotopic (exact) mass is 512 g/mol. The second-order valence-corrected chi connectivity index (χ2v) is 13.3. The second kappa shape index (κ2) is 8.05. The normalized spacial score (nSPS) is 18.1. The molecule has 1 aromatic carbocycles. The molecular formula is C19H17ClN4O3S4. The van der Waals surface area contributed by atoms with Gasteiger partial charge in [0.15, 0.2) is 5.13 Å². The SMILES string of the molecule is Cc1nc2ccc3nc(NC(=O)[C@@H]4CCCN(S(=O)(=O)c5ccc(Cl)s5)C4)sc3c2s1. The van der Waals surface area contributed by atoms with E-state index in [1.54, 1.807) is 17.4 Å². The summed E-state index contributed by atoms with van der Waals surface area (Å²) in [7, 11) is -3.65. The van der Waals surface area contributed by atoms with Gasteiger partial charge in [-0.25, -0.2) is 18.4 Å². The minimum absolute atomic E-state index is 0.146. The van der Waals surface area contributed by atoms with Gasteiger partial charge in [-0.2, -0.15) is 4.31 Å². The number of fused-ring (bicyclic) bond motifs is 3. The topological polar surface area (TPSA) is 92.3 Å². The molecule has 7 nitrogen and oxygen atoms in total. The van der Waals surface area contributed by atoms with Crippen LogP contribution in [0.5, 0.6) is 0 Å². The van der Waals surface area contributed by atoms with E-state index in [2.05, 4.69) is 15.3 Å². The summed E-state index contributed by atoms with van der Waals surface area (Å²) in [6.45, 7) is 2.51. The Morgan fingerprint density at radius 1 is 1.13 bits per heavy atom. The Balaban J connectivity index is 1.35. The van der Waals surface area contributed by atoms with Gasteiger partial charge in [0.05, 0.1) is 35.7 Å². The van der Waals surface area contributed by atoms with Gasteiger partial charge in [-0.05, 0) is 44.0 Å². The van der Waals surface area contributed by atoms with Crippen molar-refractivity contribution in [3.05, 3.63) is 33.6 Å². The molecule has 0 spiro atoms. The van der Waals surface area contributed by atoms with E-state index in [-0.39, 0.29) is 16.7 Å². The van der Waals surface area contributed by atoms with Crippen LogP contribution in [0.2, 0.25) is 4.34 Å². The van der Waals surface area contributed by atoms with Gasteiger partial charge in [0.1, 0.15) is 4.21 Å². The van der Waals surface area contributed by atoms with Crippen LogP contribution in [0.25, 0.3) is 20.4 Å². The number of piperidine rings is 1. The van der Waals surface area contributed by atoms with Gasteiger partial charge in [-0.1, -0.05) is 22.9 Å². The standard InChI is InChI=1S/C19H17ClN4O3S4/c1-10-21-12-4-5-13-17(16(12)28-10)30-19(22-13)23-18(25)11-3-2-8-24(9-11)31(26,27)15-7-6-14(20)29-15/h4-7,11H,2-3,8-9H2,1H3,(H,22,23,25)/t11-/m1/s1. The van der Waals surface area contributed by atoms with Crippen LogP contribution in [0.4, 0.5) is 5.13 Å². The highest BCUT2D eigenvalue weighted by molar-refractivity contribution is 7.91. The van der Waals surface area contributed by atoms with Crippen LogP contribution < -0.4 is 5.32 Å². The number of hydrogen-bond donors (Lipinski definition) is 1. The molecule has 0 aliphatic carbocycles. The van der Waals surface area contributed by atoms with Crippen LogP contribution in [0.1, 0.15) is 17.8 Å². The van der Waals surface area contributed by atoms with Crippen molar-refractivity contribution in [2.24, 2.45) is 5.92 Å². The van der Waals surface area contributed by atoms with Crippen molar-refractivity contribution < 1.29 is 13.2 Å². The summed E-state index contributed by atoms with van der Waals surface area (Å²) in [5.74, 6) is -0.642. The maximum Gasteiger partial charge on any atom is 0.252 e. The van der Waals surface area contributed by atoms with Gasteiger partial charge in [0, 0.05) is 13.1 Å². The fourth-order valence-electron chi connectivity index (χ4n) is 3.68. The third-order valence-electron chi connectivity index (χ3n) is 5.15. The van der Waals surface area contributed by atoms with Crippen molar-refractivity contribution in [3.63, 3.8) is 0 Å². The summed E-state index contributed by atoms with van der Waals surface area (Å²) in [5, 5.41) is 4.40. The first-order valence-corrected chi connectivity index (χ1v) is 13.8. The zero-order valence-corrected chi connectivity index (χ0v) is 20.3. The first-order chi connectivity index (χ1) is 14.8. The molecule has 1 aliphatic rings. The number of amides is 1. The van der Waals surface area contributed by atoms with Crippen molar-refractivity contribution >= 4 is 87.1 Å². The Morgan fingerprint density at radius 3 is 2.61 bits per heavy atom. The van der Waals surface area contributed by atoms with Gasteiger partial charge in [0.2, 0.25) is 5.91 Å². The van der Waals surface area contributed by atoms with Gasteiger partial charge in [-0.15, -0.1) is 22.7 Å². The quantitative estimate of drug-likeness (QED) is 0.417. The number of hydrogen-bond acceptors (Lipinski definition) is 8. The fraction of sp³-hybridized carbons (Fsp3) is 0.316. The lowest BCUT2D eigenvalue weighted by Gasteiger charge is -2.30. The summed E-state index contributed by atoms with van der Waals surface area (Å²) in [5.41, 5.74) is 1.75. The number of aryl methyl sites for hydroxylation is 1. The molecule has 1 atom stereocenters. The molecule has 1 fully saturated rings. The molecule has 4 heterocycles. The minimum Gasteiger partial charge on any atom is -0.302 e. The van der Waals surface area contributed by atoms with E-state index in [0.29, 0.717) is 28.9 Å². The van der Waals surface area contributed by atoms with Gasteiger partial charge in [-0.3, -0.25) is 4.79 Å². The number of carbonyl (C=O) groups excluding carboxylic acids is 1. The summed E-state index contributed by atoms with van der Waals surface area (Å²) in [6, 6.07) is 6.92. The van der Waals surface area contributed by atoms with Crippen LogP contribution >= 0.6 is 45.6 Å². The van der Waals surface area contributed by atoms with E-state index >= 15 is 0 Å².